The van der Waals surface area contributed by atoms with Crippen LogP contribution in [0.3, 0.4) is 0 Å². The smallest absolute Gasteiger partial charge is 0.139 e. The maximum Gasteiger partial charge on any atom is 0.139 e. The highest BCUT2D eigenvalue weighted by Gasteiger charge is 1.99. The first kappa shape index (κ1) is 6.35. The Labute approximate surface area is 56.8 Å². The Morgan fingerprint density at radius 2 is 2.56 bits per heavy atom. The van der Waals surface area contributed by atoms with Gasteiger partial charge in [-0.1, -0.05) is 0 Å². The second-order valence-electron chi connectivity index (χ2n) is 1.49. The van der Waals surface area contributed by atoms with Crippen LogP contribution in [0.1, 0.15) is 0 Å². The number of nitrogens with one attached hydrogen (secondary N) is 1. The number of nitrogens with zero attached hydrogens (tertiary/aromatic N) is 1. The summed E-state index contributed by atoms with van der Waals surface area (Å²) in [6.07, 6.45) is 3.59. The van der Waals surface area contributed by atoms with Crippen molar-refractivity contribution >= 4 is 17.4 Å². The number of hydrogen-bond acceptors (Lipinski definition) is 3. The van der Waals surface area contributed by atoms with Crippen molar-refractivity contribution in [3.63, 3.8) is 0 Å². The van der Waals surface area contributed by atoms with Crippen LogP contribution in [0.5, 0.6) is 0 Å². The first-order valence-electron chi connectivity index (χ1n) is 2.43. The zero-order valence-corrected chi connectivity index (χ0v) is 5.73. The van der Waals surface area contributed by atoms with E-state index in [0.717, 1.165) is 5.03 Å². The van der Waals surface area contributed by atoms with Crippen molar-refractivity contribution in [1.82, 2.24) is 4.98 Å². The molecule has 9 heavy (non-hydrogen) atoms. The first-order chi connectivity index (χ1) is 4.38. The van der Waals surface area contributed by atoms with Crippen molar-refractivity contribution in [2.45, 2.75) is 5.03 Å². The molecule has 0 fully saturated rings. The lowest BCUT2D eigenvalue weighted by atomic mass is 10.6. The fraction of sp³-hybridized carbons (Fsp3) is 0.200. The summed E-state index contributed by atoms with van der Waals surface area (Å²) in [5.74, 6) is 0. The van der Waals surface area contributed by atoms with Gasteiger partial charge in [-0.25, -0.2) is 0 Å². The molecular formula is C5H6N2OS. The minimum atomic E-state index is 0.488. The van der Waals surface area contributed by atoms with Gasteiger partial charge in [0.15, 0.2) is 0 Å². The standard InChI is InChI=1S/C5H6N2OS/c1-9-5-4(7-8)2-3-6-5/h2-3,6H,1H3. The second kappa shape index (κ2) is 2.68. The summed E-state index contributed by atoms with van der Waals surface area (Å²) in [6, 6.07) is 1.65. The van der Waals surface area contributed by atoms with Crippen molar-refractivity contribution in [3.8, 4) is 0 Å². The highest BCUT2D eigenvalue weighted by molar-refractivity contribution is 7.98. The zero-order chi connectivity index (χ0) is 6.69. The average Bonchev–Trinajstić information content (AvgIpc) is 2.33. The Hall–Kier alpha value is -0.770. The monoisotopic (exact) mass is 142 g/mol. The number of rotatable bonds is 2. The molecule has 3 nitrogen and oxygen atoms in total. The van der Waals surface area contributed by atoms with E-state index in [2.05, 4.69) is 10.2 Å². The molecule has 0 amide bonds. The molecule has 1 aromatic heterocycles. The van der Waals surface area contributed by atoms with E-state index in [0.29, 0.717) is 5.69 Å². The number of aromatic nitrogens is 1. The maximum absolute atomic E-state index is 9.96. The summed E-state index contributed by atoms with van der Waals surface area (Å²) in [6.45, 7) is 0. The van der Waals surface area contributed by atoms with Crippen LogP contribution in [0.15, 0.2) is 22.5 Å². The Morgan fingerprint density at radius 1 is 1.78 bits per heavy atom. The van der Waals surface area contributed by atoms with Gasteiger partial charge in [-0.3, -0.25) is 0 Å². The summed E-state index contributed by atoms with van der Waals surface area (Å²) in [7, 11) is 0. The van der Waals surface area contributed by atoms with Gasteiger partial charge in [0.25, 0.3) is 0 Å². The lowest BCUT2D eigenvalue weighted by Crippen LogP contribution is -1.64. The Morgan fingerprint density at radius 3 is 3.00 bits per heavy atom. The molecule has 0 saturated heterocycles. The number of aromatic amines is 1. The molecule has 0 aromatic carbocycles. The molecule has 1 aromatic rings. The van der Waals surface area contributed by atoms with Gasteiger partial charge in [0.1, 0.15) is 10.7 Å². The molecular weight excluding hydrogens is 136 g/mol. The van der Waals surface area contributed by atoms with E-state index >= 15 is 0 Å². The van der Waals surface area contributed by atoms with Crippen LogP contribution in [0.25, 0.3) is 0 Å². The highest BCUT2D eigenvalue weighted by Crippen LogP contribution is 2.24. The van der Waals surface area contributed by atoms with Gasteiger partial charge in [-0.05, 0) is 17.5 Å². The van der Waals surface area contributed by atoms with Crippen molar-refractivity contribution in [2.75, 3.05) is 6.26 Å². The summed E-state index contributed by atoms with van der Waals surface area (Å²) in [5, 5.41) is 3.62. The minimum Gasteiger partial charge on any atom is -0.355 e. The van der Waals surface area contributed by atoms with Gasteiger partial charge in [0.05, 0.1) is 0 Å². The van der Waals surface area contributed by atoms with Gasteiger partial charge < -0.3 is 4.98 Å². The molecule has 0 saturated carbocycles. The maximum atomic E-state index is 9.96. The Bertz CT molecular complexity index is 208. The van der Waals surface area contributed by atoms with E-state index in [4.69, 9.17) is 0 Å². The number of H-pyrrole nitrogens is 1. The Kier molecular flexibility index (Phi) is 1.89. The molecule has 1 N–H and O–H groups in total. The van der Waals surface area contributed by atoms with Gasteiger partial charge in [-0.2, -0.15) is 0 Å². The molecule has 0 radical (unpaired) electrons. The van der Waals surface area contributed by atoms with Crippen LogP contribution in [-0.2, 0) is 0 Å². The normalized spacial score (nSPS) is 9.44. The summed E-state index contributed by atoms with van der Waals surface area (Å²) in [4.78, 5) is 12.8. The largest absolute Gasteiger partial charge is 0.355 e. The van der Waals surface area contributed by atoms with E-state index in [1.54, 1.807) is 12.3 Å². The number of thioether (sulfide) groups is 1. The molecule has 0 spiro atoms. The third kappa shape index (κ3) is 1.13. The van der Waals surface area contributed by atoms with Gasteiger partial charge in [-0.15, -0.1) is 16.7 Å². The molecule has 0 unspecified atom stereocenters. The van der Waals surface area contributed by atoms with Crippen LogP contribution in [-0.4, -0.2) is 11.2 Å². The van der Waals surface area contributed by atoms with Crippen molar-refractivity contribution < 1.29 is 0 Å². The fourth-order valence-corrected chi connectivity index (χ4v) is 1.08. The molecule has 0 aliphatic heterocycles. The van der Waals surface area contributed by atoms with Crippen LogP contribution in [0, 0.1) is 4.91 Å². The summed E-state index contributed by atoms with van der Waals surface area (Å²) < 4.78 is 0. The quantitative estimate of drug-likeness (QED) is 0.508. The van der Waals surface area contributed by atoms with Crippen LogP contribution >= 0.6 is 11.8 Å². The molecule has 1 rings (SSSR count). The molecule has 48 valence electrons. The SMILES string of the molecule is CSc1[nH]ccc1N=O. The van der Waals surface area contributed by atoms with Crippen LogP contribution < -0.4 is 0 Å². The first-order valence-corrected chi connectivity index (χ1v) is 3.65. The third-order valence-corrected chi connectivity index (χ3v) is 1.73. The van der Waals surface area contributed by atoms with Gasteiger partial charge in [0.2, 0.25) is 0 Å². The van der Waals surface area contributed by atoms with E-state index in [1.807, 2.05) is 6.26 Å². The molecule has 0 aliphatic carbocycles. The Balaban J connectivity index is 2.98. The van der Waals surface area contributed by atoms with Gasteiger partial charge in [0, 0.05) is 6.20 Å². The van der Waals surface area contributed by atoms with E-state index in [1.165, 1.54) is 11.8 Å². The lowest BCUT2D eigenvalue weighted by molar-refractivity contribution is 1.19. The van der Waals surface area contributed by atoms with Crippen LogP contribution in [0.2, 0.25) is 0 Å². The molecule has 1 heterocycles. The van der Waals surface area contributed by atoms with E-state index in [9.17, 15) is 4.91 Å². The van der Waals surface area contributed by atoms with Gasteiger partial charge >= 0.3 is 0 Å². The van der Waals surface area contributed by atoms with Crippen molar-refractivity contribution in [2.24, 2.45) is 5.18 Å². The summed E-state index contributed by atoms with van der Waals surface area (Å²) >= 11 is 1.48. The van der Waals surface area contributed by atoms with E-state index < -0.39 is 0 Å². The molecule has 0 bridgehead atoms. The molecule has 4 heteroatoms. The minimum absolute atomic E-state index is 0.488. The number of nitroso groups, excluding NO2 is 1. The summed E-state index contributed by atoms with van der Waals surface area (Å²) in [5.41, 5.74) is 0.488. The second-order valence-corrected chi connectivity index (χ2v) is 2.30. The molecule has 0 aliphatic rings. The van der Waals surface area contributed by atoms with Crippen LogP contribution in [0.4, 0.5) is 5.69 Å². The molecule has 0 atom stereocenters. The van der Waals surface area contributed by atoms with Crippen molar-refractivity contribution in [3.05, 3.63) is 17.2 Å². The highest BCUT2D eigenvalue weighted by atomic mass is 32.2. The zero-order valence-electron chi connectivity index (χ0n) is 4.92. The van der Waals surface area contributed by atoms with Crippen molar-refractivity contribution in [1.29, 1.82) is 0 Å². The van der Waals surface area contributed by atoms with E-state index in [-0.39, 0.29) is 0 Å². The topological polar surface area (TPSA) is 45.2 Å². The fourth-order valence-electron chi connectivity index (χ4n) is 0.581. The predicted molar refractivity (Wildman–Crippen MR) is 38.0 cm³/mol. The lowest BCUT2D eigenvalue weighted by Gasteiger charge is -1.86. The number of hydrogen-bond donors (Lipinski definition) is 1. The average molecular weight is 142 g/mol. The third-order valence-electron chi connectivity index (χ3n) is 0.991. The predicted octanol–water partition coefficient (Wildman–Crippen LogP) is 2.13.